The van der Waals surface area contributed by atoms with E-state index in [0.717, 1.165) is 12.5 Å². The van der Waals surface area contributed by atoms with Crippen molar-refractivity contribution in [2.75, 3.05) is 6.61 Å². The zero-order chi connectivity index (χ0) is 8.82. The van der Waals surface area contributed by atoms with E-state index in [9.17, 15) is 0 Å². The van der Waals surface area contributed by atoms with Crippen molar-refractivity contribution in [3.63, 3.8) is 0 Å². The third-order valence-corrected chi connectivity index (χ3v) is 3.56. The van der Waals surface area contributed by atoms with Crippen LogP contribution in [0.25, 0.3) is 0 Å². The molecule has 1 saturated heterocycles. The van der Waals surface area contributed by atoms with Crippen LogP contribution in [0.15, 0.2) is 0 Å². The molecule has 0 amide bonds. The van der Waals surface area contributed by atoms with E-state index < -0.39 is 0 Å². The minimum absolute atomic E-state index is 0.135. The summed E-state index contributed by atoms with van der Waals surface area (Å²) < 4.78 is 5.74. The summed E-state index contributed by atoms with van der Waals surface area (Å²) >= 11 is 0. The van der Waals surface area contributed by atoms with E-state index in [4.69, 9.17) is 4.74 Å². The van der Waals surface area contributed by atoms with E-state index in [1.54, 1.807) is 0 Å². The molecule has 1 atom stereocenters. The van der Waals surface area contributed by atoms with Gasteiger partial charge in [-0.2, -0.15) is 0 Å². The van der Waals surface area contributed by atoms with Crippen LogP contribution in [-0.2, 0) is 4.74 Å². The van der Waals surface area contributed by atoms with Gasteiger partial charge in [0, 0.05) is 6.61 Å². The van der Waals surface area contributed by atoms with Crippen LogP contribution < -0.4 is 0 Å². The quantitative estimate of drug-likeness (QED) is 0.585. The first kappa shape index (κ1) is 8.55. The van der Waals surface area contributed by atoms with Gasteiger partial charge in [-0.25, -0.2) is 0 Å². The molecule has 70 valence electrons. The van der Waals surface area contributed by atoms with E-state index in [2.05, 4.69) is 20.8 Å². The first-order valence-electron chi connectivity index (χ1n) is 5.16. The molecule has 0 aromatic carbocycles. The Morgan fingerprint density at radius 1 is 1.17 bits per heavy atom. The highest BCUT2D eigenvalue weighted by Crippen LogP contribution is 2.53. The molecule has 0 aromatic heterocycles. The van der Waals surface area contributed by atoms with Crippen molar-refractivity contribution in [3.05, 3.63) is 0 Å². The van der Waals surface area contributed by atoms with Crippen LogP contribution in [0, 0.1) is 11.3 Å². The van der Waals surface area contributed by atoms with Crippen LogP contribution in [0.4, 0.5) is 0 Å². The van der Waals surface area contributed by atoms with Gasteiger partial charge in [-0.1, -0.05) is 6.92 Å². The lowest BCUT2D eigenvalue weighted by Gasteiger charge is -2.43. The highest BCUT2D eigenvalue weighted by Gasteiger charge is 2.46. The van der Waals surface area contributed by atoms with Crippen LogP contribution in [-0.4, -0.2) is 12.2 Å². The Morgan fingerprint density at radius 2 is 1.83 bits per heavy atom. The fourth-order valence-electron chi connectivity index (χ4n) is 2.80. The van der Waals surface area contributed by atoms with Gasteiger partial charge < -0.3 is 4.74 Å². The lowest BCUT2D eigenvalue weighted by molar-refractivity contribution is -0.106. The Bertz CT molecular complexity index is 181. The summed E-state index contributed by atoms with van der Waals surface area (Å²) in [6.07, 6.45) is 5.46. The average molecular weight is 168 g/mol. The summed E-state index contributed by atoms with van der Waals surface area (Å²) in [6, 6.07) is 0. The molecule has 2 aliphatic rings. The van der Waals surface area contributed by atoms with Crippen molar-refractivity contribution >= 4 is 0 Å². The van der Waals surface area contributed by atoms with E-state index in [0.29, 0.717) is 5.41 Å². The second kappa shape index (κ2) is 2.47. The first-order valence-corrected chi connectivity index (χ1v) is 5.16. The minimum Gasteiger partial charge on any atom is -0.376 e. The Morgan fingerprint density at radius 3 is 2.33 bits per heavy atom. The third-order valence-electron chi connectivity index (χ3n) is 3.56. The largest absolute Gasteiger partial charge is 0.376 e. The summed E-state index contributed by atoms with van der Waals surface area (Å²) in [6.45, 7) is 7.88. The molecule has 1 aliphatic heterocycles. The molecular formula is C11H20O. The second-order valence-electron chi connectivity index (χ2n) is 5.46. The molecular weight excluding hydrogens is 148 g/mol. The zero-order valence-corrected chi connectivity index (χ0v) is 8.52. The highest BCUT2D eigenvalue weighted by atomic mass is 16.5. The Kier molecular flexibility index (Phi) is 1.76. The predicted molar refractivity (Wildman–Crippen MR) is 50.1 cm³/mol. The van der Waals surface area contributed by atoms with Crippen LogP contribution in [0.3, 0.4) is 0 Å². The zero-order valence-electron chi connectivity index (χ0n) is 8.52. The van der Waals surface area contributed by atoms with Crippen molar-refractivity contribution in [1.29, 1.82) is 0 Å². The number of rotatable bonds is 1. The van der Waals surface area contributed by atoms with Crippen LogP contribution in [0.5, 0.6) is 0 Å². The van der Waals surface area contributed by atoms with E-state index in [-0.39, 0.29) is 5.60 Å². The van der Waals surface area contributed by atoms with Crippen molar-refractivity contribution < 1.29 is 4.74 Å². The Hall–Kier alpha value is -0.0400. The first-order chi connectivity index (χ1) is 5.52. The smallest absolute Gasteiger partial charge is 0.0631 e. The SMILES string of the molecule is CC1(C)CC(C)(C2CC2)CCO1. The van der Waals surface area contributed by atoms with Crippen LogP contribution in [0.1, 0.15) is 46.5 Å². The summed E-state index contributed by atoms with van der Waals surface area (Å²) in [5.41, 5.74) is 0.733. The fourth-order valence-corrected chi connectivity index (χ4v) is 2.80. The molecule has 0 spiro atoms. The topological polar surface area (TPSA) is 9.23 Å². The maximum Gasteiger partial charge on any atom is 0.0631 e. The lowest BCUT2D eigenvalue weighted by Crippen LogP contribution is -2.40. The standard InChI is InChI=1S/C11H20O/c1-10(2)8-11(3,6-7-12-10)9-4-5-9/h9H,4-8H2,1-3H3. The second-order valence-corrected chi connectivity index (χ2v) is 5.46. The monoisotopic (exact) mass is 168 g/mol. The fraction of sp³-hybridized carbons (Fsp3) is 1.00. The normalized spacial score (nSPS) is 41.2. The summed E-state index contributed by atoms with van der Waals surface area (Å²) in [7, 11) is 0. The summed E-state index contributed by atoms with van der Waals surface area (Å²) in [4.78, 5) is 0. The Balaban J connectivity index is 2.06. The lowest BCUT2D eigenvalue weighted by atomic mass is 9.72. The van der Waals surface area contributed by atoms with Gasteiger partial charge in [0.1, 0.15) is 0 Å². The van der Waals surface area contributed by atoms with E-state index in [1.807, 2.05) is 0 Å². The molecule has 0 N–H and O–H groups in total. The molecule has 1 heterocycles. The maximum atomic E-state index is 5.74. The minimum atomic E-state index is 0.135. The molecule has 12 heavy (non-hydrogen) atoms. The van der Waals surface area contributed by atoms with Gasteiger partial charge in [0.2, 0.25) is 0 Å². The summed E-state index contributed by atoms with van der Waals surface area (Å²) in [5, 5.41) is 0. The van der Waals surface area contributed by atoms with Gasteiger partial charge >= 0.3 is 0 Å². The number of ether oxygens (including phenoxy) is 1. The van der Waals surface area contributed by atoms with Crippen molar-refractivity contribution in [3.8, 4) is 0 Å². The van der Waals surface area contributed by atoms with Gasteiger partial charge in [-0.15, -0.1) is 0 Å². The maximum absolute atomic E-state index is 5.74. The molecule has 2 rings (SSSR count). The third kappa shape index (κ3) is 1.52. The van der Waals surface area contributed by atoms with Crippen molar-refractivity contribution in [1.82, 2.24) is 0 Å². The van der Waals surface area contributed by atoms with Gasteiger partial charge in [-0.05, 0) is 50.9 Å². The van der Waals surface area contributed by atoms with Crippen LogP contribution >= 0.6 is 0 Å². The number of hydrogen-bond acceptors (Lipinski definition) is 1. The Labute approximate surface area is 75.5 Å². The molecule has 1 unspecified atom stereocenters. The molecule has 1 aliphatic carbocycles. The van der Waals surface area contributed by atoms with Gasteiger partial charge in [0.15, 0.2) is 0 Å². The number of hydrogen-bond donors (Lipinski definition) is 0. The van der Waals surface area contributed by atoms with E-state index >= 15 is 0 Å². The van der Waals surface area contributed by atoms with Gasteiger partial charge in [0.25, 0.3) is 0 Å². The highest BCUT2D eigenvalue weighted by molar-refractivity contribution is 4.96. The molecule has 1 nitrogen and oxygen atoms in total. The van der Waals surface area contributed by atoms with Gasteiger partial charge in [-0.3, -0.25) is 0 Å². The predicted octanol–water partition coefficient (Wildman–Crippen LogP) is 2.99. The molecule has 0 aromatic rings. The summed E-state index contributed by atoms with van der Waals surface area (Å²) in [5.74, 6) is 1.01. The van der Waals surface area contributed by atoms with Crippen molar-refractivity contribution in [2.45, 2.75) is 52.1 Å². The van der Waals surface area contributed by atoms with Crippen LogP contribution in [0.2, 0.25) is 0 Å². The molecule has 2 fully saturated rings. The van der Waals surface area contributed by atoms with E-state index in [1.165, 1.54) is 25.7 Å². The molecule has 1 saturated carbocycles. The van der Waals surface area contributed by atoms with Gasteiger partial charge in [0.05, 0.1) is 5.60 Å². The molecule has 1 heteroatoms. The molecule has 0 radical (unpaired) electrons. The average Bonchev–Trinajstić information content (AvgIpc) is 2.62. The van der Waals surface area contributed by atoms with Crippen molar-refractivity contribution in [2.24, 2.45) is 11.3 Å². The molecule has 0 bridgehead atoms.